The molecule has 0 amide bonds. The lowest BCUT2D eigenvalue weighted by atomic mass is 10.3. The van der Waals surface area contributed by atoms with Crippen LogP contribution in [-0.2, 0) is 0 Å². The first-order valence-corrected chi connectivity index (χ1v) is 5.04. The maximum Gasteiger partial charge on any atom is 0.128 e. The standard InChI is InChI=1S/C11H10BrFO/c1-2-3-4-5-14-11-7-9(12)6-10(13)8-11/h1,6-8H,3-5H2. The van der Waals surface area contributed by atoms with Crippen LogP contribution in [0.25, 0.3) is 0 Å². The van der Waals surface area contributed by atoms with Gasteiger partial charge in [-0.3, -0.25) is 0 Å². The second-order valence-electron chi connectivity index (χ2n) is 2.76. The van der Waals surface area contributed by atoms with Crippen LogP contribution in [0, 0.1) is 18.2 Å². The highest BCUT2D eigenvalue weighted by molar-refractivity contribution is 9.10. The van der Waals surface area contributed by atoms with Crippen LogP contribution >= 0.6 is 15.9 Å². The van der Waals surface area contributed by atoms with Gasteiger partial charge in [-0.2, -0.15) is 0 Å². The van der Waals surface area contributed by atoms with Gasteiger partial charge < -0.3 is 4.74 Å². The number of hydrogen-bond donors (Lipinski definition) is 0. The highest BCUT2D eigenvalue weighted by Gasteiger charge is 1.99. The number of terminal acetylenes is 1. The molecule has 0 saturated heterocycles. The van der Waals surface area contributed by atoms with E-state index in [2.05, 4.69) is 21.9 Å². The van der Waals surface area contributed by atoms with Gasteiger partial charge in [0.25, 0.3) is 0 Å². The molecule has 0 bridgehead atoms. The van der Waals surface area contributed by atoms with Crippen LogP contribution in [-0.4, -0.2) is 6.61 Å². The summed E-state index contributed by atoms with van der Waals surface area (Å²) in [5.74, 6) is 2.72. The Morgan fingerprint density at radius 3 is 2.86 bits per heavy atom. The van der Waals surface area contributed by atoms with Crippen molar-refractivity contribution in [3.05, 3.63) is 28.5 Å². The lowest BCUT2D eigenvalue weighted by molar-refractivity contribution is 0.311. The number of rotatable bonds is 4. The lowest BCUT2D eigenvalue weighted by Gasteiger charge is -2.05. The van der Waals surface area contributed by atoms with Gasteiger partial charge in [-0.15, -0.1) is 12.3 Å². The Balaban J connectivity index is 2.47. The molecule has 3 heteroatoms. The molecule has 1 aromatic rings. The van der Waals surface area contributed by atoms with Gasteiger partial charge in [0, 0.05) is 17.0 Å². The van der Waals surface area contributed by atoms with Gasteiger partial charge >= 0.3 is 0 Å². The van der Waals surface area contributed by atoms with Crippen LogP contribution in [0.2, 0.25) is 0 Å². The Bertz CT molecular complexity index is 323. The highest BCUT2D eigenvalue weighted by atomic mass is 79.9. The van der Waals surface area contributed by atoms with Crippen molar-refractivity contribution in [2.45, 2.75) is 12.8 Å². The van der Waals surface area contributed by atoms with E-state index in [0.29, 0.717) is 23.2 Å². The first-order chi connectivity index (χ1) is 6.72. The smallest absolute Gasteiger partial charge is 0.128 e. The van der Waals surface area contributed by atoms with Crippen molar-refractivity contribution in [1.82, 2.24) is 0 Å². The van der Waals surface area contributed by atoms with E-state index in [-0.39, 0.29) is 5.82 Å². The zero-order chi connectivity index (χ0) is 10.4. The molecule has 0 fully saturated rings. The van der Waals surface area contributed by atoms with Gasteiger partial charge in [0.2, 0.25) is 0 Å². The summed E-state index contributed by atoms with van der Waals surface area (Å²) >= 11 is 3.18. The van der Waals surface area contributed by atoms with Crippen molar-refractivity contribution in [3.8, 4) is 18.1 Å². The Hall–Kier alpha value is -1.01. The molecule has 0 N–H and O–H groups in total. The SMILES string of the molecule is C#CCCCOc1cc(F)cc(Br)c1. The minimum Gasteiger partial charge on any atom is -0.493 e. The zero-order valence-electron chi connectivity index (χ0n) is 7.59. The van der Waals surface area contributed by atoms with E-state index >= 15 is 0 Å². The molecule has 0 heterocycles. The minimum atomic E-state index is -0.314. The predicted octanol–water partition coefficient (Wildman–Crippen LogP) is 3.38. The Morgan fingerprint density at radius 1 is 1.43 bits per heavy atom. The maximum absolute atomic E-state index is 12.9. The van der Waals surface area contributed by atoms with Crippen molar-refractivity contribution >= 4 is 15.9 Å². The molecule has 0 aromatic heterocycles. The van der Waals surface area contributed by atoms with Gasteiger partial charge in [0.1, 0.15) is 11.6 Å². The third kappa shape index (κ3) is 3.80. The summed E-state index contributed by atoms with van der Waals surface area (Å²) in [5.41, 5.74) is 0. The van der Waals surface area contributed by atoms with E-state index in [1.54, 1.807) is 6.07 Å². The third-order valence-electron chi connectivity index (χ3n) is 1.57. The fourth-order valence-corrected chi connectivity index (χ4v) is 1.42. The summed E-state index contributed by atoms with van der Waals surface area (Å²) in [6.07, 6.45) is 6.54. The second-order valence-corrected chi connectivity index (χ2v) is 3.68. The number of hydrogen-bond acceptors (Lipinski definition) is 1. The molecule has 0 unspecified atom stereocenters. The number of unbranched alkanes of at least 4 members (excludes halogenated alkanes) is 1. The van der Waals surface area contributed by atoms with E-state index in [0.717, 1.165) is 6.42 Å². The van der Waals surface area contributed by atoms with E-state index in [4.69, 9.17) is 11.2 Å². The summed E-state index contributed by atoms with van der Waals surface area (Å²) in [5, 5.41) is 0. The Morgan fingerprint density at radius 2 is 2.21 bits per heavy atom. The monoisotopic (exact) mass is 256 g/mol. The van der Waals surface area contributed by atoms with Crippen LogP contribution in [0.5, 0.6) is 5.75 Å². The molecular formula is C11H10BrFO. The van der Waals surface area contributed by atoms with Gasteiger partial charge in [-0.1, -0.05) is 15.9 Å². The Kier molecular flexibility index (Phi) is 4.48. The zero-order valence-corrected chi connectivity index (χ0v) is 9.18. The molecule has 0 aliphatic carbocycles. The average Bonchev–Trinajstić information content (AvgIpc) is 2.11. The molecule has 1 rings (SSSR count). The van der Waals surface area contributed by atoms with Crippen molar-refractivity contribution in [1.29, 1.82) is 0 Å². The first kappa shape index (κ1) is 11.1. The van der Waals surface area contributed by atoms with Crippen molar-refractivity contribution < 1.29 is 9.13 Å². The Labute approximate surface area is 91.4 Å². The third-order valence-corrected chi connectivity index (χ3v) is 2.03. The van der Waals surface area contributed by atoms with E-state index in [1.165, 1.54) is 12.1 Å². The molecule has 74 valence electrons. The summed E-state index contributed by atoms with van der Waals surface area (Å²) < 4.78 is 18.8. The molecule has 1 aromatic carbocycles. The quantitative estimate of drug-likeness (QED) is 0.593. The van der Waals surface area contributed by atoms with Crippen LogP contribution in [0.3, 0.4) is 0 Å². The molecular weight excluding hydrogens is 247 g/mol. The minimum absolute atomic E-state index is 0.314. The summed E-state index contributed by atoms with van der Waals surface area (Å²) in [6, 6.07) is 4.45. The van der Waals surface area contributed by atoms with E-state index < -0.39 is 0 Å². The second kappa shape index (κ2) is 5.66. The van der Waals surface area contributed by atoms with Gasteiger partial charge in [0.15, 0.2) is 0 Å². The number of benzene rings is 1. The van der Waals surface area contributed by atoms with Gasteiger partial charge in [0.05, 0.1) is 6.61 Å². The van der Waals surface area contributed by atoms with Gasteiger partial charge in [-0.05, 0) is 18.6 Å². The molecule has 1 nitrogen and oxygen atoms in total. The van der Waals surface area contributed by atoms with Crippen molar-refractivity contribution in [2.75, 3.05) is 6.61 Å². The van der Waals surface area contributed by atoms with E-state index in [9.17, 15) is 4.39 Å². The first-order valence-electron chi connectivity index (χ1n) is 4.25. The van der Waals surface area contributed by atoms with Crippen molar-refractivity contribution in [2.24, 2.45) is 0 Å². The van der Waals surface area contributed by atoms with Crippen LogP contribution in [0.15, 0.2) is 22.7 Å². The fraction of sp³-hybridized carbons (Fsp3) is 0.273. The van der Waals surface area contributed by atoms with Crippen molar-refractivity contribution in [3.63, 3.8) is 0 Å². The number of halogens is 2. The lowest BCUT2D eigenvalue weighted by Crippen LogP contribution is -1.97. The predicted molar refractivity (Wildman–Crippen MR) is 57.7 cm³/mol. The van der Waals surface area contributed by atoms with Crippen LogP contribution in [0.1, 0.15) is 12.8 Å². The summed E-state index contributed by atoms with van der Waals surface area (Å²) in [4.78, 5) is 0. The molecule has 0 atom stereocenters. The summed E-state index contributed by atoms with van der Waals surface area (Å²) in [6.45, 7) is 0.514. The highest BCUT2D eigenvalue weighted by Crippen LogP contribution is 2.20. The molecule has 0 spiro atoms. The molecule has 0 saturated carbocycles. The average molecular weight is 257 g/mol. The maximum atomic E-state index is 12.9. The van der Waals surface area contributed by atoms with E-state index in [1.807, 2.05) is 0 Å². The molecule has 0 aliphatic heterocycles. The molecule has 14 heavy (non-hydrogen) atoms. The van der Waals surface area contributed by atoms with Gasteiger partial charge in [-0.25, -0.2) is 4.39 Å². The van der Waals surface area contributed by atoms with Crippen LogP contribution < -0.4 is 4.74 Å². The van der Waals surface area contributed by atoms with Crippen LogP contribution in [0.4, 0.5) is 4.39 Å². The fourth-order valence-electron chi connectivity index (χ4n) is 0.976. The summed E-state index contributed by atoms with van der Waals surface area (Å²) in [7, 11) is 0. The topological polar surface area (TPSA) is 9.23 Å². The molecule has 0 aliphatic rings. The largest absolute Gasteiger partial charge is 0.493 e. The normalized spacial score (nSPS) is 9.50. The number of ether oxygens (including phenoxy) is 1. The molecule has 0 radical (unpaired) electrons.